The monoisotopic (exact) mass is 389 g/mol. The van der Waals surface area contributed by atoms with Crippen molar-refractivity contribution in [1.29, 1.82) is 0 Å². The maximum Gasteiger partial charge on any atom is 0.123 e. The van der Waals surface area contributed by atoms with Crippen molar-refractivity contribution in [1.82, 2.24) is 4.90 Å². The number of methoxy groups -OCH3 is 1. The molecule has 1 saturated heterocycles. The number of hydrogen-bond acceptors (Lipinski definition) is 5. The number of fused-ring (bicyclic) bond motifs is 1. The summed E-state index contributed by atoms with van der Waals surface area (Å²) < 4.78 is 6.38. The molecule has 2 aliphatic heterocycles. The van der Waals surface area contributed by atoms with Gasteiger partial charge < -0.3 is 9.64 Å². The zero-order valence-electron chi connectivity index (χ0n) is 15.2. The lowest BCUT2D eigenvalue weighted by Gasteiger charge is -2.39. The Hall–Kier alpha value is -1.56. The summed E-state index contributed by atoms with van der Waals surface area (Å²) >= 11 is 8.07. The number of aliphatic imine (C=N–C) groups is 1. The number of hydrogen-bond donors (Lipinski definition) is 0. The van der Waals surface area contributed by atoms with Crippen LogP contribution in [0.2, 0.25) is 4.34 Å². The first kappa shape index (κ1) is 17.8. The zero-order valence-corrected chi connectivity index (χ0v) is 16.8. The Bertz CT molecular complexity index is 811. The average molecular weight is 390 g/mol. The Morgan fingerprint density at radius 2 is 2.04 bits per heavy atom. The average Bonchev–Trinajstić information content (AvgIpc) is 2.97. The van der Waals surface area contributed by atoms with E-state index in [1.807, 2.05) is 18.3 Å². The molecule has 0 N–H and O–H groups in total. The number of piperidine rings is 1. The van der Waals surface area contributed by atoms with Crippen LogP contribution in [0, 0.1) is 6.92 Å². The fraction of sp³-hybridized carbons (Fsp3) is 0.450. The van der Waals surface area contributed by atoms with Crippen molar-refractivity contribution < 1.29 is 4.74 Å². The summed E-state index contributed by atoms with van der Waals surface area (Å²) in [5.41, 5.74) is 3.63. The van der Waals surface area contributed by atoms with E-state index in [0.717, 1.165) is 54.8 Å². The molecule has 2 aromatic rings. The highest BCUT2D eigenvalue weighted by molar-refractivity contribution is 7.20. The molecule has 138 valence electrons. The van der Waals surface area contributed by atoms with Crippen molar-refractivity contribution in [3.05, 3.63) is 45.3 Å². The summed E-state index contributed by atoms with van der Waals surface area (Å²) in [5, 5.41) is 1.30. The second-order valence-corrected chi connectivity index (χ2v) is 8.56. The maximum absolute atomic E-state index is 6.38. The molecule has 1 fully saturated rings. The van der Waals surface area contributed by atoms with Crippen molar-refractivity contribution >= 4 is 34.2 Å². The topological polar surface area (TPSA) is 28.1 Å². The highest BCUT2D eigenvalue weighted by Gasteiger charge is 2.29. The van der Waals surface area contributed by atoms with Gasteiger partial charge in [0, 0.05) is 43.0 Å². The largest absolute Gasteiger partial charge is 0.496 e. The predicted molar refractivity (Wildman–Crippen MR) is 110 cm³/mol. The number of likely N-dealkylation sites (tertiary alicyclic amines) is 1. The number of thiophene rings is 1. The smallest absolute Gasteiger partial charge is 0.123 e. The third-order valence-corrected chi connectivity index (χ3v) is 7.06. The number of anilines is 1. The molecule has 0 saturated carbocycles. The molecule has 0 bridgehead atoms. The number of para-hydroxylation sites is 1. The first-order valence-electron chi connectivity index (χ1n) is 9.07. The van der Waals surface area contributed by atoms with E-state index in [1.165, 1.54) is 16.1 Å². The molecule has 1 aromatic carbocycles. The lowest BCUT2D eigenvalue weighted by atomic mass is 10.0. The van der Waals surface area contributed by atoms with Gasteiger partial charge in [0.2, 0.25) is 0 Å². The van der Waals surface area contributed by atoms with E-state index < -0.39 is 0 Å². The Morgan fingerprint density at radius 3 is 2.81 bits per heavy atom. The minimum Gasteiger partial charge on any atom is -0.496 e. The van der Waals surface area contributed by atoms with Crippen molar-refractivity contribution in [3.8, 4) is 5.75 Å². The van der Waals surface area contributed by atoms with Crippen molar-refractivity contribution in [3.63, 3.8) is 0 Å². The quantitative estimate of drug-likeness (QED) is 0.766. The summed E-state index contributed by atoms with van der Waals surface area (Å²) in [6.45, 7) is 5.97. The standard InChI is InChI=1S/C20H24ClN3OS/c1-14-17-11-22-13-24(20(17)26-19(14)21)16-7-9-23(10-8-16)12-15-5-3-4-6-18(15)25-2/h3-6,11,16H,7-10,12-13H2,1-2H3. The number of ether oxygens (including phenoxy) is 1. The normalized spacial score (nSPS) is 18.2. The fourth-order valence-electron chi connectivity index (χ4n) is 3.88. The van der Waals surface area contributed by atoms with Gasteiger partial charge in [0.25, 0.3) is 0 Å². The Balaban J connectivity index is 1.42. The van der Waals surface area contributed by atoms with Crippen LogP contribution in [0.4, 0.5) is 5.00 Å². The molecule has 0 radical (unpaired) electrons. The minimum atomic E-state index is 0.536. The van der Waals surface area contributed by atoms with Crippen LogP contribution in [0.1, 0.15) is 29.5 Å². The predicted octanol–water partition coefficient (Wildman–Crippen LogP) is 4.58. The van der Waals surface area contributed by atoms with E-state index in [1.54, 1.807) is 18.4 Å². The second-order valence-electron chi connectivity index (χ2n) is 6.96. The van der Waals surface area contributed by atoms with E-state index in [0.29, 0.717) is 6.04 Å². The van der Waals surface area contributed by atoms with Crippen LogP contribution in [-0.4, -0.2) is 44.0 Å². The first-order chi connectivity index (χ1) is 12.7. The lowest BCUT2D eigenvalue weighted by molar-refractivity contribution is 0.199. The van der Waals surface area contributed by atoms with Gasteiger partial charge in [-0.2, -0.15) is 0 Å². The van der Waals surface area contributed by atoms with Gasteiger partial charge in [0.15, 0.2) is 0 Å². The van der Waals surface area contributed by atoms with E-state index in [2.05, 4.69) is 33.8 Å². The van der Waals surface area contributed by atoms with Crippen molar-refractivity contribution in [2.24, 2.45) is 4.99 Å². The molecule has 3 heterocycles. The zero-order chi connectivity index (χ0) is 18.1. The molecular weight excluding hydrogens is 366 g/mol. The maximum atomic E-state index is 6.38. The summed E-state index contributed by atoms with van der Waals surface area (Å²) in [6, 6.07) is 8.84. The molecule has 4 nitrogen and oxygen atoms in total. The van der Waals surface area contributed by atoms with Gasteiger partial charge in [-0.3, -0.25) is 9.89 Å². The number of nitrogens with zero attached hydrogens (tertiary/aromatic N) is 3. The summed E-state index contributed by atoms with van der Waals surface area (Å²) in [5.74, 6) is 0.980. The van der Waals surface area contributed by atoms with E-state index in [9.17, 15) is 0 Å². The van der Waals surface area contributed by atoms with Crippen LogP contribution < -0.4 is 9.64 Å². The van der Waals surface area contributed by atoms with Crippen LogP contribution in [0.5, 0.6) is 5.75 Å². The Morgan fingerprint density at radius 1 is 1.27 bits per heavy atom. The van der Waals surface area contributed by atoms with Crippen LogP contribution in [0.3, 0.4) is 0 Å². The third-order valence-electron chi connectivity index (χ3n) is 5.42. The molecule has 0 atom stereocenters. The van der Waals surface area contributed by atoms with Gasteiger partial charge in [0.1, 0.15) is 17.4 Å². The summed E-state index contributed by atoms with van der Waals surface area (Å²) in [4.78, 5) is 9.56. The molecule has 0 unspecified atom stereocenters. The van der Waals surface area contributed by atoms with Crippen LogP contribution in [-0.2, 0) is 6.54 Å². The van der Waals surface area contributed by atoms with Gasteiger partial charge in [-0.1, -0.05) is 29.8 Å². The highest BCUT2D eigenvalue weighted by Crippen LogP contribution is 2.41. The van der Waals surface area contributed by atoms with Gasteiger partial charge in [-0.15, -0.1) is 11.3 Å². The van der Waals surface area contributed by atoms with E-state index >= 15 is 0 Å². The molecule has 26 heavy (non-hydrogen) atoms. The molecule has 6 heteroatoms. The molecule has 0 aliphatic carbocycles. The lowest BCUT2D eigenvalue weighted by Crippen LogP contribution is -2.45. The summed E-state index contributed by atoms with van der Waals surface area (Å²) in [6.07, 6.45) is 4.29. The molecule has 1 aromatic heterocycles. The van der Waals surface area contributed by atoms with E-state index in [-0.39, 0.29) is 0 Å². The minimum absolute atomic E-state index is 0.536. The Labute approximate surface area is 164 Å². The van der Waals surface area contributed by atoms with Gasteiger partial charge >= 0.3 is 0 Å². The molecule has 0 amide bonds. The molecule has 4 rings (SSSR count). The molecule has 2 aliphatic rings. The van der Waals surface area contributed by atoms with Gasteiger partial charge in [-0.25, -0.2) is 0 Å². The number of halogens is 1. The molecular formula is C20H24ClN3OS. The highest BCUT2D eigenvalue weighted by atomic mass is 35.5. The van der Waals surface area contributed by atoms with Crippen LogP contribution in [0.25, 0.3) is 0 Å². The van der Waals surface area contributed by atoms with E-state index in [4.69, 9.17) is 16.3 Å². The SMILES string of the molecule is COc1ccccc1CN1CCC(N2CN=Cc3c2sc(Cl)c3C)CC1. The van der Waals surface area contributed by atoms with Crippen LogP contribution in [0.15, 0.2) is 29.3 Å². The Kier molecular flexibility index (Phi) is 5.20. The van der Waals surface area contributed by atoms with Crippen LogP contribution >= 0.6 is 22.9 Å². The summed E-state index contributed by atoms with van der Waals surface area (Å²) in [7, 11) is 1.74. The number of rotatable bonds is 4. The number of benzene rings is 1. The van der Waals surface area contributed by atoms with Gasteiger partial charge in [-0.05, 0) is 31.4 Å². The fourth-order valence-corrected chi connectivity index (χ4v) is 5.27. The van der Waals surface area contributed by atoms with Crippen molar-refractivity contribution in [2.75, 3.05) is 31.8 Å². The first-order valence-corrected chi connectivity index (χ1v) is 10.3. The third kappa shape index (κ3) is 3.36. The van der Waals surface area contributed by atoms with Crippen molar-refractivity contribution in [2.45, 2.75) is 32.4 Å². The second kappa shape index (κ2) is 7.59. The van der Waals surface area contributed by atoms with Gasteiger partial charge in [0.05, 0.1) is 11.4 Å². The molecule has 0 spiro atoms.